The molecule has 2 aromatic carbocycles. The van der Waals surface area contributed by atoms with Crippen LogP contribution in [0.1, 0.15) is 36.6 Å². The van der Waals surface area contributed by atoms with E-state index in [0.29, 0.717) is 35.0 Å². The number of carbonyl (C=O) groups is 2. The lowest BCUT2D eigenvalue weighted by Crippen LogP contribution is -2.32. The van der Waals surface area contributed by atoms with E-state index in [1.54, 1.807) is 25.1 Å². The molecule has 6 nitrogen and oxygen atoms in total. The molecule has 7 heteroatoms. The molecule has 1 aliphatic heterocycles. The van der Waals surface area contributed by atoms with Gasteiger partial charge in [-0.1, -0.05) is 26.0 Å². The molecule has 1 fully saturated rings. The van der Waals surface area contributed by atoms with Crippen LogP contribution < -0.4 is 4.74 Å². The van der Waals surface area contributed by atoms with Crippen LogP contribution in [0.2, 0.25) is 0 Å². The Morgan fingerprint density at radius 1 is 1.16 bits per heavy atom. The van der Waals surface area contributed by atoms with Gasteiger partial charge in [-0.2, -0.15) is 0 Å². The van der Waals surface area contributed by atoms with Gasteiger partial charge in [-0.25, -0.2) is 4.39 Å². The summed E-state index contributed by atoms with van der Waals surface area (Å²) in [7, 11) is 1.50. The molecule has 0 bridgehead atoms. The lowest BCUT2D eigenvalue weighted by atomic mass is 9.94. The van der Waals surface area contributed by atoms with E-state index in [-0.39, 0.29) is 24.5 Å². The molecule has 3 rings (SSSR count). The lowest BCUT2D eigenvalue weighted by Gasteiger charge is -2.25. The minimum absolute atomic E-state index is 0.0309. The van der Waals surface area contributed by atoms with Crippen molar-refractivity contribution in [1.82, 2.24) is 4.90 Å². The van der Waals surface area contributed by atoms with E-state index in [9.17, 15) is 19.1 Å². The highest BCUT2D eigenvalue weighted by atomic mass is 19.1. The SMILES string of the molecule is COCCN1C(=O)C(=O)C(=C(O)c2ccc(OCC(C)C)cc2C)[C@@H]1c1ccc(F)cc1. The molecule has 1 heterocycles. The summed E-state index contributed by atoms with van der Waals surface area (Å²) in [4.78, 5) is 27.1. The minimum atomic E-state index is -0.845. The van der Waals surface area contributed by atoms with Crippen LogP contribution in [0.4, 0.5) is 4.39 Å². The third kappa shape index (κ3) is 4.83. The monoisotopic (exact) mass is 441 g/mol. The van der Waals surface area contributed by atoms with Crippen LogP contribution in [0.5, 0.6) is 5.75 Å². The van der Waals surface area contributed by atoms with Crippen molar-refractivity contribution in [2.24, 2.45) is 5.92 Å². The number of aliphatic hydroxyl groups excluding tert-OH is 1. The first-order valence-corrected chi connectivity index (χ1v) is 10.5. The van der Waals surface area contributed by atoms with Crippen molar-refractivity contribution < 1.29 is 28.6 Å². The Bertz CT molecular complexity index is 1030. The van der Waals surface area contributed by atoms with Gasteiger partial charge in [0.15, 0.2) is 0 Å². The summed E-state index contributed by atoms with van der Waals surface area (Å²) in [6.07, 6.45) is 0. The smallest absolute Gasteiger partial charge is 0.295 e. The third-order valence-corrected chi connectivity index (χ3v) is 5.30. The molecule has 0 saturated carbocycles. The number of nitrogens with zero attached hydrogens (tertiary/aromatic N) is 1. The normalized spacial score (nSPS) is 17.9. The second-order valence-corrected chi connectivity index (χ2v) is 8.22. The molecule has 1 N–H and O–H groups in total. The molecular formula is C25H28FNO5. The van der Waals surface area contributed by atoms with E-state index in [4.69, 9.17) is 9.47 Å². The summed E-state index contributed by atoms with van der Waals surface area (Å²) in [5.74, 6) is -1.20. The van der Waals surface area contributed by atoms with E-state index >= 15 is 0 Å². The van der Waals surface area contributed by atoms with Crippen LogP contribution in [0.15, 0.2) is 48.0 Å². The molecule has 0 aromatic heterocycles. The average Bonchev–Trinajstić information content (AvgIpc) is 3.01. The molecule has 0 radical (unpaired) electrons. The number of ketones is 1. The summed E-state index contributed by atoms with van der Waals surface area (Å²) in [6, 6.07) is 9.87. The van der Waals surface area contributed by atoms with Crippen LogP contribution in [0.3, 0.4) is 0 Å². The van der Waals surface area contributed by atoms with Crippen LogP contribution in [-0.4, -0.2) is 48.6 Å². The van der Waals surface area contributed by atoms with E-state index in [1.807, 2.05) is 13.8 Å². The van der Waals surface area contributed by atoms with Crippen molar-refractivity contribution in [3.05, 3.63) is 70.5 Å². The van der Waals surface area contributed by atoms with Crippen molar-refractivity contribution in [2.45, 2.75) is 26.8 Å². The topological polar surface area (TPSA) is 76.1 Å². The average molecular weight is 441 g/mol. The summed E-state index contributed by atoms with van der Waals surface area (Å²) < 4.78 is 24.3. The van der Waals surface area contributed by atoms with Gasteiger partial charge >= 0.3 is 0 Å². The predicted molar refractivity (Wildman–Crippen MR) is 119 cm³/mol. The third-order valence-electron chi connectivity index (χ3n) is 5.30. The molecule has 32 heavy (non-hydrogen) atoms. The second-order valence-electron chi connectivity index (χ2n) is 8.22. The Morgan fingerprint density at radius 3 is 2.44 bits per heavy atom. The maximum Gasteiger partial charge on any atom is 0.295 e. The molecular weight excluding hydrogens is 413 g/mol. The van der Waals surface area contributed by atoms with E-state index in [2.05, 4.69) is 0 Å². The fourth-order valence-electron chi connectivity index (χ4n) is 3.69. The zero-order valence-corrected chi connectivity index (χ0v) is 18.7. The molecule has 0 unspecified atom stereocenters. The number of amides is 1. The van der Waals surface area contributed by atoms with Crippen LogP contribution in [0, 0.1) is 18.7 Å². The highest BCUT2D eigenvalue weighted by Gasteiger charge is 2.46. The number of Topliss-reactive ketones (excluding diaryl/α,β-unsaturated/α-hetero) is 1. The number of rotatable bonds is 8. The number of carbonyl (C=O) groups excluding carboxylic acids is 2. The van der Waals surface area contributed by atoms with Gasteiger partial charge in [-0.15, -0.1) is 0 Å². The predicted octanol–water partition coefficient (Wildman–Crippen LogP) is 4.24. The zero-order valence-electron chi connectivity index (χ0n) is 18.7. The summed E-state index contributed by atoms with van der Waals surface area (Å²) in [6.45, 7) is 6.81. The fraction of sp³-hybridized carbons (Fsp3) is 0.360. The van der Waals surface area contributed by atoms with Crippen molar-refractivity contribution in [1.29, 1.82) is 0 Å². The first-order valence-electron chi connectivity index (χ1n) is 10.5. The number of hydrogen-bond donors (Lipinski definition) is 1. The molecule has 1 atom stereocenters. The number of aryl methyl sites for hydroxylation is 1. The Labute approximate surface area is 187 Å². The van der Waals surface area contributed by atoms with Gasteiger partial charge in [-0.05, 0) is 54.3 Å². The number of likely N-dealkylation sites (tertiary alicyclic amines) is 1. The number of benzene rings is 2. The Morgan fingerprint density at radius 2 is 1.84 bits per heavy atom. The van der Waals surface area contributed by atoms with E-state index in [1.165, 1.54) is 36.3 Å². The molecule has 0 spiro atoms. The number of halogens is 1. The van der Waals surface area contributed by atoms with E-state index < -0.39 is 23.5 Å². The summed E-state index contributed by atoms with van der Waals surface area (Å²) in [5, 5.41) is 11.2. The van der Waals surface area contributed by atoms with Crippen molar-refractivity contribution >= 4 is 17.4 Å². The van der Waals surface area contributed by atoms with Crippen molar-refractivity contribution in [2.75, 3.05) is 26.9 Å². The molecule has 2 aromatic rings. The largest absolute Gasteiger partial charge is 0.507 e. The number of aliphatic hydroxyl groups is 1. The quantitative estimate of drug-likeness (QED) is 0.377. The van der Waals surface area contributed by atoms with Gasteiger partial charge in [-0.3, -0.25) is 9.59 Å². The van der Waals surface area contributed by atoms with Crippen LogP contribution >= 0.6 is 0 Å². The van der Waals surface area contributed by atoms with Gasteiger partial charge in [0.05, 0.1) is 24.8 Å². The van der Waals surface area contributed by atoms with Gasteiger partial charge in [0.1, 0.15) is 17.3 Å². The van der Waals surface area contributed by atoms with E-state index in [0.717, 1.165) is 0 Å². The second kappa shape index (κ2) is 9.96. The Balaban J connectivity index is 2.07. The first kappa shape index (κ1) is 23.5. The van der Waals surface area contributed by atoms with Crippen molar-refractivity contribution in [3.8, 4) is 5.75 Å². The zero-order chi connectivity index (χ0) is 23.4. The van der Waals surface area contributed by atoms with Gasteiger partial charge in [0.25, 0.3) is 11.7 Å². The number of ether oxygens (including phenoxy) is 2. The molecule has 1 saturated heterocycles. The number of hydrogen-bond acceptors (Lipinski definition) is 5. The van der Waals surface area contributed by atoms with Gasteiger partial charge < -0.3 is 19.5 Å². The van der Waals surface area contributed by atoms with Gasteiger partial charge in [0, 0.05) is 19.2 Å². The van der Waals surface area contributed by atoms with Crippen molar-refractivity contribution in [3.63, 3.8) is 0 Å². The standard InChI is InChI=1S/C25H28FNO5/c1-15(2)14-32-19-9-10-20(16(3)13-19)23(28)21-22(17-5-7-18(26)8-6-17)27(11-12-31-4)25(30)24(21)29/h5-10,13,15,22,28H,11-12,14H2,1-4H3/t22-/m0/s1. The van der Waals surface area contributed by atoms with Crippen LogP contribution in [-0.2, 0) is 14.3 Å². The Hall–Kier alpha value is -3.19. The summed E-state index contributed by atoms with van der Waals surface area (Å²) in [5.41, 5.74) is 1.62. The minimum Gasteiger partial charge on any atom is -0.507 e. The molecule has 0 aliphatic carbocycles. The highest BCUT2D eigenvalue weighted by molar-refractivity contribution is 6.46. The maximum atomic E-state index is 13.5. The molecule has 1 aliphatic rings. The van der Waals surface area contributed by atoms with Crippen LogP contribution in [0.25, 0.3) is 5.76 Å². The maximum absolute atomic E-state index is 13.5. The number of methoxy groups -OCH3 is 1. The fourth-order valence-corrected chi connectivity index (χ4v) is 3.69. The highest BCUT2D eigenvalue weighted by Crippen LogP contribution is 2.40. The molecule has 1 amide bonds. The molecule has 170 valence electrons. The lowest BCUT2D eigenvalue weighted by molar-refractivity contribution is -0.140. The first-order chi connectivity index (χ1) is 15.2. The summed E-state index contributed by atoms with van der Waals surface area (Å²) >= 11 is 0. The Kier molecular flexibility index (Phi) is 7.30. The van der Waals surface area contributed by atoms with Gasteiger partial charge in [0.2, 0.25) is 0 Å².